The predicted octanol–water partition coefficient (Wildman–Crippen LogP) is 2.24. The molecule has 0 atom stereocenters. The molecule has 0 radical (unpaired) electrons. The van der Waals surface area contributed by atoms with E-state index >= 15 is 0 Å². The molecule has 0 saturated heterocycles. The molecule has 0 aromatic heterocycles. The monoisotopic (exact) mass is 118 g/mol. The molecule has 0 bridgehead atoms. The lowest BCUT2D eigenvalue weighted by Crippen LogP contribution is -1.74. The Morgan fingerprint density at radius 3 is 2.75 bits per heavy atom. The van der Waals surface area contributed by atoms with Crippen LogP contribution in [-0.4, -0.2) is 6.61 Å². The summed E-state index contributed by atoms with van der Waals surface area (Å²) in [5.74, 6) is 0. The van der Waals surface area contributed by atoms with Gasteiger partial charge < -0.3 is 0 Å². The van der Waals surface area contributed by atoms with Crippen molar-refractivity contribution in [3.05, 3.63) is 12.2 Å². The highest BCUT2D eigenvalue weighted by Gasteiger charge is 1.73. The summed E-state index contributed by atoms with van der Waals surface area (Å²) in [5.41, 5.74) is 0. The third-order valence-electron chi connectivity index (χ3n) is 0.781. The van der Waals surface area contributed by atoms with Crippen LogP contribution in [0.15, 0.2) is 12.2 Å². The summed E-state index contributed by atoms with van der Waals surface area (Å²) in [6.07, 6.45) is 5.68. The van der Waals surface area contributed by atoms with Gasteiger partial charge in [0.05, 0.1) is 0 Å². The van der Waals surface area contributed by atoms with Gasteiger partial charge in [-0.25, -0.2) is 0 Å². The fourth-order valence-corrected chi connectivity index (χ4v) is 0.389. The highest BCUT2D eigenvalue weighted by Crippen LogP contribution is 1.87. The van der Waals surface area contributed by atoms with Crippen LogP contribution < -0.4 is 0 Å². The van der Waals surface area contributed by atoms with Crippen LogP contribution in [-0.2, 0) is 4.94 Å². The lowest BCUT2D eigenvalue weighted by molar-refractivity contribution is -0.118. The van der Waals surface area contributed by atoms with Crippen LogP contribution in [0.25, 0.3) is 0 Å². The number of unbranched alkanes of at least 4 members (excludes halogenated alkanes) is 1. The van der Waals surface area contributed by atoms with Crippen LogP contribution in [0.2, 0.25) is 0 Å². The van der Waals surface area contributed by atoms with Gasteiger partial charge in [0.2, 0.25) is 0 Å². The molecule has 2 heteroatoms. The van der Waals surface area contributed by atoms with Gasteiger partial charge in [-0.05, 0) is 10.9 Å². The molecule has 0 aliphatic carbocycles. The van der Waals surface area contributed by atoms with Crippen molar-refractivity contribution in [1.82, 2.24) is 0 Å². The Labute approximate surface area is 49.1 Å². The van der Waals surface area contributed by atoms with Crippen molar-refractivity contribution in [3.63, 3.8) is 0 Å². The summed E-state index contributed by atoms with van der Waals surface area (Å²) >= 11 is 0. The average Bonchev–Trinajstić information content (AvgIpc) is 1.81. The summed E-state index contributed by atoms with van der Waals surface area (Å²) in [4.78, 5) is 3.30. The van der Waals surface area contributed by atoms with Gasteiger partial charge in [0, 0.05) is 0 Å². The molecule has 0 aliphatic rings. The van der Waals surface area contributed by atoms with Crippen molar-refractivity contribution in [2.75, 3.05) is 6.61 Å². The number of rotatable bonds is 4. The summed E-state index contributed by atoms with van der Waals surface area (Å²) in [5, 5.41) is 0. The molecule has 0 amide bonds. The summed E-state index contributed by atoms with van der Waals surface area (Å²) < 4.78 is 10.9. The van der Waals surface area contributed by atoms with E-state index in [0.29, 0.717) is 0 Å². The molecule has 1 nitrogen and oxygen atoms in total. The van der Waals surface area contributed by atoms with Gasteiger partial charge in [-0.15, -0.1) is 0 Å². The van der Waals surface area contributed by atoms with E-state index in [2.05, 4.69) is 11.9 Å². The smallest absolute Gasteiger partial charge is 0.106 e. The molecule has 0 N–H and O–H groups in total. The molecule has 0 fully saturated rings. The first-order chi connectivity index (χ1) is 3.91. The molecular formula is C6H11FO. The van der Waals surface area contributed by atoms with E-state index in [1.165, 1.54) is 0 Å². The van der Waals surface area contributed by atoms with E-state index < -0.39 is 0 Å². The standard InChI is InChI=1S/C6H11FO/c1-2-3-4-5-6-8-7/h4-5H,2-3,6H2,1H3. The molecule has 0 heterocycles. The molecule has 0 aromatic rings. The second kappa shape index (κ2) is 6.63. The molecule has 8 heavy (non-hydrogen) atoms. The van der Waals surface area contributed by atoms with E-state index in [1.54, 1.807) is 6.08 Å². The third-order valence-corrected chi connectivity index (χ3v) is 0.781. The molecule has 0 saturated carbocycles. The van der Waals surface area contributed by atoms with Crippen LogP contribution >= 0.6 is 0 Å². The Hall–Kier alpha value is -0.370. The lowest BCUT2D eigenvalue weighted by Gasteiger charge is -1.82. The van der Waals surface area contributed by atoms with E-state index in [-0.39, 0.29) is 6.61 Å². The van der Waals surface area contributed by atoms with E-state index in [1.807, 2.05) is 6.08 Å². The zero-order valence-electron chi connectivity index (χ0n) is 5.06. The predicted molar refractivity (Wildman–Crippen MR) is 31.1 cm³/mol. The van der Waals surface area contributed by atoms with E-state index in [4.69, 9.17) is 0 Å². The maximum atomic E-state index is 10.9. The maximum Gasteiger partial charge on any atom is 0.106 e. The number of allylic oxidation sites excluding steroid dienone is 1. The van der Waals surface area contributed by atoms with Gasteiger partial charge in [-0.1, -0.05) is 25.5 Å². The van der Waals surface area contributed by atoms with Crippen LogP contribution in [0, 0.1) is 0 Å². The first kappa shape index (κ1) is 7.63. The maximum absolute atomic E-state index is 10.9. The van der Waals surface area contributed by atoms with Gasteiger partial charge >= 0.3 is 0 Å². The molecule has 0 aliphatic heterocycles. The van der Waals surface area contributed by atoms with Crippen molar-refractivity contribution in [2.24, 2.45) is 0 Å². The van der Waals surface area contributed by atoms with Crippen molar-refractivity contribution >= 4 is 0 Å². The molecule has 0 aromatic carbocycles. The first-order valence-electron chi connectivity index (χ1n) is 2.80. The SMILES string of the molecule is CCCC=CCOF. The molecule has 0 rings (SSSR count). The topological polar surface area (TPSA) is 9.23 Å². The number of hydrogen-bond donors (Lipinski definition) is 0. The molecule has 0 spiro atoms. The zero-order chi connectivity index (χ0) is 6.24. The molecule has 48 valence electrons. The fraction of sp³-hybridized carbons (Fsp3) is 0.667. The van der Waals surface area contributed by atoms with Crippen LogP contribution in [0.3, 0.4) is 0 Å². The highest BCUT2D eigenvalue weighted by molar-refractivity contribution is 4.79. The van der Waals surface area contributed by atoms with Crippen LogP contribution in [0.4, 0.5) is 4.53 Å². The van der Waals surface area contributed by atoms with Crippen molar-refractivity contribution in [1.29, 1.82) is 0 Å². The fourth-order valence-electron chi connectivity index (χ4n) is 0.389. The largest absolute Gasteiger partial charge is 0.190 e. The van der Waals surface area contributed by atoms with Gasteiger partial charge in [-0.2, -0.15) is 4.94 Å². The zero-order valence-corrected chi connectivity index (χ0v) is 5.06. The second-order valence-electron chi connectivity index (χ2n) is 1.54. The molecular weight excluding hydrogens is 107 g/mol. The van der Waals surface area contributed by atoms with Gasteiger partial charge in [0.15, 0.2) is 0 Å². The molecule has 0 unspecified atom stereocenters. The Kier molecular flexibility index (Phi) is 6.32. The van der Waals surface area contributed by atoms with Crippen LogP contribution in [0.5, 0.6) is 0 Å². The van der Waals surface area contributed by atoms with Gasteiger partial charge in [0.1, 0.15) is 6.61 Å². The van der Waals surface area contributed by atoms with Crippen molar-refractivity contribution in [3.8, 4) is 0 Å². The summed E-state index contributed by atoms with van der Waals surface area (Å²) in [6.45, 7) is 2.15. The quantitative estimate of drug-likeness (QED) is 0.514. The first-order valence-corrected chi connectivity index (χ1v) is 2.80. The van der Waals surface area contributed by atoms with E-state index in [0.717, 1.165) is 12.8 Å². The second-order valence-corrected chi connectivity index (χ2v) is 1.54. The third kappa shape index (κ3) is 5.63. The Bertz CT molecular complexity index is 53.5. The minimum absolute atomic E-state index is 0.0833. The van der Waals surface area contributed by atoms with Gasteiger partial charge in [-0.3, -0.25) is 0 Å². The Morgan fingerprint density at radius 2 is 2.25 bits per heavy atom. The minimum atomic E-state index is 0.0833. The summed E-state index contributed by atoms with van der Waals surface area (Å²) in [6, 6.07) is 0. The average molecular weight is 118 g/mol. The Balaban J connectivity index is 2.83. The minimum Gasteiger partial charge on any atom is -0.190 e. The van der Waals surface area contributed by atoms with Gasteiger partial charge in [0.25, 0.3) is 0 Å². The van der Waals surface area contributed by atoms with Crippen molar-refractivity contribution in [2.45, 2.75) is 19.8 Å². The van der Waals surface area contributed by atoms with E-state index in [9.17, 15) is 4.53 Å². The Morgan fingerprint density at radius 1 is 1.50 bits per heavy atom. The lowest BCUT2D eigenvalue weighted by atomic mass is 10.3. The van der Waals surface area contributed by atoms with Crippen molar-refractivity contribution < 1.29 is 9.47 Å². The number of halogens is 1. The highest BCUT2D eigenvalue weighted by atomic mass is 19.3. The number of hydrogen-bond acceptors (Lipinski definition) is 1. The normalized spacial score (nSPS) is 10.8. The van der Waals surface area contributed by atoms with Crippen LogP contribution in [0.1, 0.15) is 19.8 Å². The summed E-state index contributed by atoms with van der Waals surface area (Å²) in [7, 11) is 0.